The molecule has 0 aromatic heterocycles. The van der Waals surface area contributed by atoms with E-state index < -0.39 is 11.8 Å². The number of halogens is 4. The zero-order chi connectivity index (χ0) is 23.7. The lowest BCUT2D eigenvalue weighted by Crippen LogP contribution is -2.32. The summed E-state index contributed by atoms with van der Waals surface area (Å²) < 4.78 is 0. The van der Waals surface area contributed by atoms with Gasteiger partial charge in [0.05, 0.1) is 5.69 Å². The molecule has 0 saturated heterocycles. The molecule has 0 radical (unpaired) electrons. The van der Waals surface area contributed by atoms with Crippen molar-refractivity contribution in [2.24, 2.45) is 0 Å². The van der Waals surface area contributed by atoms with Crippen LogP contribution in [-0.4, -0.2) is 17.7 Å². The molecule has 0 unspecified atom stereocenters. The Morgan fingerprint density at radius 1 is 0.727 bits per heavy atom. The quantitative estimate of drug-likeness (QED) is 0.385. The molecule has 0 atom stereocenters. The van der Waals surface area contributed by atoms with E-state index in [0.717, 1.165) is 4.90 Å². The van der Waals surface area contributed by atoms with Crippen LogP contribution in [0.15, 0.2) is 77.5 Å². The SMILES string of the molecule is O=C(Nc1ccc(Cl)cc1)c1cccc(NC2=C(Cl)C(=O)N(c3cc(Cl)cc(Cl)c3)C2=O)c1. The number of carbonyl (C=O) groups excluding carboxylic acids is 3. The van der Waals surface area contributed by atoms with Gasteiger partial charge in [0.2, 0.25) is 0 Å². The number of imide groups is 1. The van der Waals surface area contributed by atoms with Crippen molar-refractivity contribution in [1.29, 1.82) is 0 Å². The highest BCUT2D eigenvalue weighted by atomic mass is 35.5. The number of carbonyl (C=O) groups is 3. The van der Waals surface area contributed by atoms with E-state index in [9.17, 15) is 14.4 Å². The monoisotopic (exact) mass is 519 g/mol. The first-order chi connectivity index (χ1) is 15.7. The van der Waals surface area contributed by atoms with Crippen LogP contribution in [-0.2, 0) is 9.59 Å². The van der Waals surface area contributed by atoms with E-state index in [2.05, 4.69) is 10.6 Å². The summed E-state index contributed by atoms with van der Waals surface area (Å²) in [4.78, 5) is 39.1. The first kappa shape index (κ1) is 23.1. The molecule has 0 fully saturated rings. The molecule has 0 spiro atoms. The lowest BCUT2D eigenvalue weighted by molar-refractivity contribution is -0.120. The average Bonchev–Trinajstić information content (AvgIpc) is 2.98. The van der Waals surface area contributed by atoms with Crippen molar-refractivity contribution >= 4 is 81.2 Å². The molecule has 0 bridgehead atoms. The Kier molecular flexibility index (Phi) is 6.63. The number of benzene rings is 3. The normalized spacial score (nSPS) is 13.5. The summed E-state index contributed by atoms with van der Waals surface area (Å²) in [5, 5.41) is 6.36. The average molecular weight is 521 g/mol. The second kappa shape index (κ2) is 9.45. The van der Waals surface area contributed by atoms with Crippen LogP contribution in [0.5, 0.6) is 0 Å². The third kappa shape index (κ3) is 4.99. The number of nitrogens with one attached hydrogen (secondary N) is 2. The number of hydrogen-bond acceptors (Lipinski definition) is 4. The van der Waals surface area contributed by atoms with Crippen molar-refractivity contribution in [3.05, 3.63) is 98.1 Å². The topological polar surface area (TPSA) is 78.5 Å². The van der Waals surface area contributed by atoms with Crippen LogP contribution in [0.4, 0.5) is 17.1 Å². The van der Waals surface area contributed by atoms with Gasteiger partial charge in [0, 0.05) is 32.0 Å². The number of rotatable bonds is 5. The molecule has 1 aliphatic rings. The highest BCUT2D eigenvalue weighted by Gasteiger charge is 2.39. The number of hydrogen-bond donors (Lipinski definition) is 2. The molecule has 3 aromatic rings. The molecule has 2 N–H and O–H groups in total. The summed E-state index contributed by atoms with van der Waals surface area (Å²) in [6.07, 6.45) is 0. The Balaban J connectivity index is 1.55. The van der Waals surface area contributed by atoms with E-state index in [4.69, 9.17) is 46.4 Å². The molecule has 3 aromatic carbocycles. The Bertz CT molecular complexity index is 1300. The van der Waals surface area contributed by atoms with E-state index in [1.807, 2.05) is 0 Å². The van der Waals surface area contributed by atoms with Crippen LogP contribution in [0.2, 0.25) is 15.1 Å². The van der Waals surface area contributed by atoms with Gasteiger partial charge in [-0.3, -0.25) is 14.4 Å². The zero-order valence-corrected chi connectivity index (χ0v) is 19.6. The van der Waals surface area contributed by atoms with E-state index in [1.165, 1.54) is 24.3 Å². The maximum Gasteiger partial charge on any atom is 0.283 e. The predicted octanol–water partition coefficient (Wildman–Crippen LogP) is 6.33. The maximum absolute atomic E-state index is 13.0. The van der Waals surface area contributed by atoms with E-state index in [1.54, 1.807) is 42.5 Å². The summed E-state index contributed by atoms with van der Waals surface area (Å²) in [6, 6.07) is 17.4. The number of amides is 3. The predicted molar refractivity (Wildman–Crippen MR) is 131 cm³/mol. The fraction of sp³-hybridized carbons (Fsp3) is 0. The summed E-state index contributed by atoms with van der Waals surface area (Å²) in [6.45, 7) is 0. The molecule has 3 amide bonds. The van der Waals surface area contributed by atoms with Crippen molar-refractivity contribution in [2.75, 3.05) is 15.5 Å². The van der Waals surface area contributed by atoms with Crippen molar-refractivity contribution in [3.8, 4) is 0 Å². The zero-order valence-electron chi connectivity index (χ0n) is 16.5. The Morgan fingerprint density at radius 2 is 1.39 bits per heavy atom. The summed E-state index contributed by atoms with van der Waals surface area (Å²) in [5.41, 5.74) is 1.34. The van der Waals surface area contributed by atoms with Crippen LogP contribution < -0.4 is 15.5 Å². The smallest absolute Gasteiger partial charge is 0.283 e. The molecule has 4 rings (SSSR count). The molecular weight excluding hydrogens is 508 g/mol. The highest BCUT2D eigenvalue weighted by molar-refractivity contribution is 6.53. The van der Waals surface area contributed by atoms with Crippen LogP contribution in [0.1, 0.15) is 10.4 Å². The molecule has 166 valence electrons. The van der Waals surface area contributed by atoms with Gasteiger partial charge in [0.15, 0.2) is 0 Å². The highest BCUT2D eigenvalue weighted by Crippen LogP contribution is 2.33. The van der Waals surface area contributed by atoms with Crippen LogP contribution in [0.25, 0.3) is 0 Å². The van der Waals surface area contributed by atoms with Crippen LogP contribution in [0, 0.1) is 0 Å². The molecule has 6 nitrogen and oxygen atoms in total. The summed E-state index contributed by atoms with van der Waals surface area (Å²) in [7, 11) is 0. The van der Waals surface area contributed by atoms with E-state index >= 15 is 0 Å². The second-order valence-electron chi connectivity index (χ2n) is 6.93. The van der Waals surface area contributed by atoms with Crippen molar-refractivity contribution in [3.63, 3.8) is 0 Å². The van der Waals surface area contributed by atoms with E-state index in [-0.39, 0.29) is 32.4 Å². The van der Waals surface area contributed by atoms with Gasteiger partial charge in [-0.05, 0) is 60.7 Å². The van der Waals surface area contributed by atoms with Gasteiger partial charge >= 0.3 is 0 Å². The van der Waals surface area contributed by atoms with Crippen LogP contribution >= 0.6 is 46.4 Å². The standard InChI is InChI=1S/C23H13Cl4N3O3/c24-13-4-6-16(7-5-13)29-21(31)12-2-1-3-17(8-12)28-20-19(27)22(32)30(23(20)33)18-10-14(25)9-15(26)11-18/h1-11,28H,(H,29,31). The minimum atomic E-state index is -0.723. The van der Waals surface area contributed by atoms with Crippen molar-refractivity contribution in [2.45, 2.75) is 0 Å². The Hall–Kier alpha value is -3.03. The minimum absolute atomic E-state index is 0.131. The lowest BCUT2D eigenvalue weighted by atomic mass is 10.1. The van der Waals surface area contributed by atoms with Gasteiger partial charge in [-0.15, -0.1) is 0 Å². The third-order valence-electron chi connectivity index (χ3n) is 4.63. The maximum atomic E-state index is 13.0. The van der Waals surface area contributed by atoms with Gasteiger partial charge < -0.3 is 10.6 Å². The molecule has 1 heterocycles. The van der Waals surface area contributed by atoms with Gasteiger partial charge in [-0.25, -0.2) is 4.90 Å². The second-order valence-corrected chi connectivity index (χ2v) is 8.62. The molecule has 1 aliphatic heterocycles. The van der Waals surface area contributed by atoms with Gasteiger partial charge in [-0.2, -0.15) is 0 Å². The van der Waals surface area contributed by atoms with E-state index in [0.29, 0.717) is 22.0 Å². The largest absolute Gasteiger partial charge is 0.350 e. The first-order valence-corrected chi connectivity index (χ1v) is 10.9. The summed E-state index contributed by atoms with van der Waals surface area (Å²) in [5.74, 6) is -1.77. The Morgan fingerprint density at radius 3 is 2.06 bits per heavy atom. The van der Waals surface area contributed by atoms with Gasteiger partial charge in [0.25, 0.3) is 17.7 Å². The molecular formula is C23H13Cl4N3O3. The van der Waals surface area contributed by atoms with Gasteiger partial charge in [-0.1, -0.05) is 52.5 Å². The molecule has 0 aliphatic carbocycles. The fourth-order valence-corrected chi connectivity index (χ4v) is 3.99. The fourth-order valence-electron chi connectivity index (χ4n) is 3.13. The minimum Gasteiger partial charge on any atom is -0.350 e. The molecule has 10 heteroatoms. The number of anilines is 3. The molecule has 0 saturated carbocycles. The van der Waals surface area contributed by atoms with Crippen LogP contribution in [0.3, 0.4) is 0 Å². The molecule has 33 heavy (non-hydrogen) atoms. The van der Waals surface area contributed by atoms with Gasteiger partial charge in [0.1, 0.15) is 10.7 Å². The first-order valence-electron chi connectivity index (χ1n) is 9.41. The lowest BCUT2D eigenvalue weighted by Gasteiger charge is -2.16. The van der Waals surface area contributed by atoms with Crippen molar-refractivity contribution in [1.82, 2.24) is 0 Å². The van der Waals surface area contributed by atoms with Crippen molar-refractivity contribution < 1.29 is 14.4 Å². The third-order valence-corrected chi connectivity index (χ3v) is 5.67. The number of nitrogens with zero attached hydrogens (tertiary/aromatic N) is 1. The Labute approximate surface area is 208 Å². The summed E-state index contributed by atoms with van der Waals surface area (Å²) >= 11 is 24.0.